The number of nitro groups is 1. The van der Waals surface area contributed by atoms with Crippen LogP contribution >= 0.6 is 0 Å². The van der Waals surface area contributed by atoms with Crippen molar-refractivity contribution in [1.82, 2.24) is 5.53 Å². The summed E-state index contributed by atoms with van der Waals surface area (Å²) >= 11 is 0. The molecule has 0 aliphatic heterocycles. The number of nitrogens with one attached hydrogen (secondary N) is 1. The van der Waals surface area contributed by atoms with E-state index in [1.54, 1.807) is 12.5 Å². The molecule has 0 atom stereocenters. The Hall–Kier alpha value is -2.44. The Morgan fingerprint density at radius 2 is 2.12 bits per heavy atom. The second kappa shape index (κ2) is 6.21. The molecule has 1 rings (SSSR count). The average molecular weight is 235 g/mol. The monoisotopic (exact) mass is 235 g/mol. The standard InChI is InChI=1S/C10H13N5O2/c1-8(7-9-5-3-2-4-6-9)12-10(11)13-14-15(16)17/h2-6,14H,7H2,1H3,(H2,11,13). The molecule has 7 nitrogen and oxygen atoms in total. The maximum atomic E-state index is 9.96. The lowest BCUT2D eigenvalue weighted by Crippen LogP contribution is -2.21. The van der Waals surface area contributed by atoms with Crippen molar-refractivity contribution in [2.24, 2.45) is 15.8 Å². The molecular formula is C10H13N5O2. The van der Waals surface area contributed by atoms with Crippen LogP contribution in [0.25, 0.3) is 0 Å². The second-order valence-corrected chi connectivity index (χ2v) is 3.34. The fraction of sp³-hybridized carbons (Fsp3) is 0.200. The summed E-state index contributed by atoms with van der Waals surface area (Å²) in [6, 6.07) is 9.69. The molecule has 0 aromatic heterocycles. The minimum absolute atomic E-state index is 0.171. The van der Waals surface area contributed by atoms with Crippen LogP contribution in [0.2, 0.25) is 0 Å². The van der Waals surface area contributed by atoms with Gasteiger partial charge < -0.3 is 15.8 Å². The van der Waals surface area contributed by atoms with Gasteiger partial charge in [-0.05, 0) is 18.0 Å². The van der Waals surface area contributed by atoms with E-state index < -0.39 is 5.03 Å². The number of benzene rings is 1. The fourth-order valence-electron chi connectivity index (χ4n) is 1.24. The Labute approximate surface area is 98.2 Å². The quantitative estimate of drug-likeness (QED) is 0.346. The van der Waals surface area contributed by atoms with Gasteiger partial charge in [-0.2, -0.15) is 4.99 Å². The van der Waals surface area contributed by atoms with Gasteiger partial charge in [0.15, 0.2) is 0 Å². The summed E-state index contributed by atoms with van der Waals surface area (Å²) in [5, 5.41) is 12.4. The number of hydrazine groups is 1. The highest BCUT2D eigenvalue weighted by Gasteiger charge is 2.00. The summed E-state index contributed by atoms with van der Waals surface area (Å²) in [4.78, 5) is 13.9. The van der Waals surface area contributed by atoms with Crippen molar-refractivity contribution in [3.05, 3.63) is 46.0 Å². The smallest absolute Gasteiger partial charge is 0.344 e. The lowest BCUT2D eigenvalue weighted by molar-refractivity contribution is -0.545. The molecule has 0 saturated heterocycles. The minimum Gasteiger partial charge on any atom is -0.344 e. The Bertz CT molecular complexity index is 441. The van der Waals surface area contributed by atoms with Crippen molar-refractivity contribution >= 4 is 11.7 Å². The van der Waals surface area contributed by atoms with E-state index in [2.05, 4.69) is 10.1 Å². The third-order valence-electron chi connectivity index (χ3n) is 1.85. The normalized spacial score (nSPS) is 12.3. The first-order valence-corrected chi connectivity index (χ1v) is 4.89. The molecule has 0 aliphatic rings. The highest BCUT2D eigenvalue weighted by Crippen LogP contribution is 2.00. The third-order valence-corrected chi connectivity index (χ3v) is 1.85. The van der Waals surface area contributed by atoms with E-state index in [9.17, 15) is 10.1 Å². The molecule has 0 heterocycles. The third kappa shape index (κ3) is 5.26. The van der Waals surface area contributed by atoms with Crippen molar-refractivity contribution in [2.45, 2.75) is 13.3 Å². The number of nitrogens with two attached hydrogens (primary N) is 1. The second-order valence-electron chi connectivity index (χ2n) is 3.34. The summed E-state index contributed by atoms with van der Waals surface area (Å²) in [6.45, 7) is 1.78. The first kappa shape index (κ1) is 12.6. The Morgan fingerprint density at radius 3 is 2.71 bits per heavy atom. The molecule has 0 aliphatic carbocycles. The highest BCUT2D eigenvalue weighted by atomic mass is 16.7. The van der Waals surface area contributed by atoms with Crippen LogP contribution in [-0.4, -0.2) is 16.7 Å². The van der Waals surface area contributed by atoms with Gasteiger partial charge in [-0.3, -0.25) is 0 Å². The predicted octanol–water partition coefficient (Wildman–Crippen LogP) is 0.701. The van der Waals surface area contributed by atoms with E-state index in [1.165, 1.54) is 0 Å². The van der Waals surface area contributed by atoms with E-state index in [4.69, 9.17) is 5.73 Å². The number of rotatable bonds is 4. The number of aliphatic imine (C=N–C) groups is 1. The van der Waals surface area contributed by atoms with E-state index in [0.717, 1.165) is 11.3 Å². The van der Waals surface area contributed by atoms with Crippen molar-refractivity contribution in [3.63, 3.8) is 0 Å². The highest BCUT2D eigenvalue weighted by molar-refractivity contribution is 5.96. The lowest BCUT2D eigenvalue weighted by atomic mass is 10.1. The van der Waals surface area contributed by atoms with Crippen LogP contribution < -0.4 is 11.3 Å². The van der Waals surface area contributed by atoms with E-state index >= 15 is 0 Å². The van der Waals surface area contributed by atoms with Gasteiger partial charge in [0, 0.05) is 12.1 Å². The van der Waals surface area contributed by atoms with Gasteiger partial charge in [0.2, 0.25) is 0 Å². The number of guanidine groups is 1. The van der Waals surface area contributed by atoms with Crippen molar-refractivity contribution in [2.75, 3.05) is 0 Å². The largest absolute Gasteiger partial charge is 0.360 e. The van der Waals surface area contributed by atoms with Gasteiger partial charge in [-0.1, -0.05) is 30.3 Å². The summed E-state index contributed by atoms with van der Waals surface area (Å²) in [6.07, 6.45) is 0.621. The van der Waals surface area contributed by atoms with Crippen molar-refractivity contribution in [1.29, 1.82) is 0 Å². The topological polar surface area (TPSA) is 106 Å². The van der Waals surface area contributed by atoms with Crippen LogP contribution in [0.15, 0.2) is 40.4 Å². The zero-order chi connectivity index (χ0) is 12.7. The Kier molecular flexibility index (Phi) is 4.61. The van der Waals surface area contributed by atoms with Crippen molar-refractivity contribution < 1.29 is 5.03 Å². The molecule has 17 heavy (non-hydrogen) atoms. The van der Waals surface area contributed by atoms with Crippen LogP contribution in [-0.2, 0) is 6.42 Å². The molecular weight excluding hydrogens is 222 g/mol. The first-order chi connectivity index (χ1) is 8.08. The van der Waals surface area contributed by atoms with Crippen LogP contribution in [0.3, 0.4) is 0 Å². The fourth-order valence-corrected chi connectivity index (χ4v) is 1.24. The van der Waals surface area contributed by atoms with E-state index in [-0.39, 0.29) is 5.96 Å². The molecule has 1 aromatic carbocycles. The SMILES string of the molecule is CC(Cc1ccccc1)=NC(N)=NN[N+](=O)[O-]. The van der Waals surface area contributed by atoms with Gasteiger partial charge in [0.05, 0.1) is 10.1 Å². The van der Waals surface area contributed by atoms with Crippen LogP contribution in [0.1, 0.15) is 12.5 Å². The molecule has 0 radical (unpaired) electrons. The van der Waals surface area contributed by atoms with Crippen molar-refractivity contribution in [3.8, 4) is 0 Å². The van der Waals surface area contributed by atoms with Gasteiger partial charge in [-0.25, -0.2) is 0 Å². The van der Waals surface area contributed by atoms with Gasteiger partial charge in [0.25, 0.3) is 0 Å². The number of hydrogen-bond donors (Lipinski definition) is 2. The van der Waals surface area contributed by atoms with E-state index in [0.29, 0.717) is 6.42 Å². The van der Waals surface area contributed by atoms with Gasteiger partial charge >= 0.3 is 5.96 Å². The molecule has 0 saturated carbocycles. The van der Waals surface area contributed by atoms with Crippen LogP contribution in [0.5, 0.6) is 0 Å². The molecule has 3 N–H and O–H groups in total. The zero-order valence-corrected chi connectivity index (χ0v) is 9.33. The molecule has 7 heteroatoms. The molecule has 90 valence electrons. The first-order valence-electron chi connectivity index (χ1n) is 4.89. The predicted molar refractivity (Wildman–Crippen MR) is 65.0 cm³/mol. The molecule has 0 amide bonds. The number of nitrogens with zero attached hydrogens (tertiary/aromatic N) is 3. The molecule has 0 spiro atoms. The lowest BCUT2D eigenvalue weighted by Gasteiger charge is -1.99. The summed E-state index contributed by atoms with van der Waals surface area (Å²) in [7, 11) is 0. The molecule has 1 aromatic rings. The van der Waals surface area contributed by atoms with Gasteiger partial charge in [0.1, 0.15) is 0 Å². The number of hydrazone groups is 1. The average Bonchev–Trinajstić information content (AvgIpc) is 2.27. The van der Waals surface area contributed by atoms with Crippen LogP contribution in [0.4, 0.5) is 0 Å². The van der Waals surface area contributed by atoms with E-state index in [1.807, 2.05) is 30.3 Å². The maximum Gasteiger partial charge on any atom is 0.360 e. The molecule has 0 bridgehead atoms. The Balaban J connectivity index is 2.60. The van der Waals surface area contributed by atoms with Gasteiger partial charge in [-0.15, -0.1) is 0 Å². The summed E-state index contributed by atoms with van der Waals surface area (Å²) < 4.78 is 0. The van der Waals surface area contributed by atoms with Crippen LogP contribution in [0, 0.1) is 10.1 Å². The minimum atomic E-state index is -0.811. The zero-order valence-electron chi connectivity index (χ0n) is 9.33. The summed E-state index contributed by atoms with van der Waals surface area (Å²) in [5.74, 6) is -0.171. The molecule has 0 unspecified atom stereocenters. The molecule has 0 fully saturated rings. The summed E-state index contributed by atoms with van der Waals surface area (Å²) in [5.41, 5.74) is 8.78. The Morgan fingerprint density at radius 1 is 1.47 bits per heavy atom. The number of hydrogen-bond acceptors (Lipinski definition) is 3. The maximum absolute atomic E-state index is 9.96.